The molecule has 0 aromatic heterocycles. The number of carbonyl (C=O) groups excluding carboxylic acids is 2. The fourth-order valence-corrected chi connectivity index (χ4v) is 4.20. The number of carbonyl (C=O) groups is 2. The number of esters is 1. The summed E-state index contributed by atoms with van der Waals surface area (Å²) in [5, 5.41) is 0.0848. The molecule has 9 heteroatoms. The van der Waals surface area contributed by atoms with Crippen molar-refractivity contribution in [1.82, 2.24) is 0 Å². The molecule has 0 unspecified atom stereocenters. The van der Waals surface area contributed by atoms with Crippen LogP contribution in [0.15, 0.2) is 47.4 Å². The molecule has 1 heterocycles. The molecule has 0 bridgehead atoms. The zero-order valence-electron chi connectivity index (χ0n) is 15.1. The number of benzene rings is 2. The Morgan fingerprint density at radius 1 is 1.21 bits per heavy atom. The Morgan fingerprint density at radius 3 is 2.50 bits per heavy atom. The Balaban J connectivity index is 1.77. The SMILES string of the molecule is CCOC(=O)c1ccc(NS(=O)(=O)c2ccc(N3CCCC3=O)cc2)cc1Cl. The molecule has 1 aliphatic heterocycles. The largest absolute Gasteiger partial charge is 0.462 e. The first-order valence-electron chi connectivity index (χ1n) is 8.72. The van der Waals surface area contributed by atoms with E-state index in [4.69, 9.17) is 16.3 Å². The van der Waals surface area contributed by atoms with E-state index < -0.39 is 16.0 Å². The number of nitrogens with one attached hydrogen (secondary N) is 1. The van der Waals surface area contributed by atoms with Crippen molar-refractivity contribution in [3.8, 4) is 0 Å². The van der Waals surface area contributed by atoms with Gasteiger partial charge < -0.3 is 9.64 Å². The topological polar surface area (TPSA) is 92.8 Å². The van der Waals surface area contributed by atoms with Crippen LogP contribution in [0.25, 0.3) is 0 Å². The minimum Gasteiger partial charge on any atom is -0.462 e. The molecule has 3 rings (SSSR count). The van der Waals surface area contributed by atoms with Gasteiger partial charge in [-0.3, -0.25) is 9.52 Å². The lowest BCUT2D eigenvalue weighted by molar-refractivity contribution is -0.117. The highest BCUT2D eigenvalue weighted by Crippen LogP contribution is 2.26. The Bertz CT molecular complexity index is 1010. The van der Waals surface area contributed by atoms with Crippen LogP contribution in [0.2, 0.25) is 5.02 Å². The maximum Gasteiger partial charge on any atom is 0.339 e. The maximum atomic E-state index is 12.6. The van der Waals surface area contributed by atoms with Crippen LogP contribution >= 0.6 is 11.6 Å². The van der Waals surface area contributed by atoms with Gasteiger partial charge in [0.25, 0.3) is 10.0 Å². The third kappa shape index (κ3) is 4.28. The maximum absolute atomic E-state index is 12.6. The van der Waals surface area contributed by atoms with Crippen molar-refractivity contribution in [3.63, 3.8) is 0 Å². The number of anilines is 2. The molecule has 0 atom stereocenters. The van der Waals surface area contributed by atoms with E-state index in [2.05, 4.69) is 4.72 Å². The number of hydrogen-bond acceptors (Lipinski definition) is 5. The fourth-order valence-electron chi connectivity index (χ4n) is 2.89. The van der Waals surface area contributed by atoms with Crippen LogP contribution in [0.5, 0.6) is 0 Å². The van der Waals surface area contributed by atoms with Gasteiger partial charge in [-0.1, -0.05) is 11.6 Å². The van der Waals surface area contributed by atoms with Gasteiger partial charge >= 0.3 is 5.97 Å². The van der Waals surface area contributed by atoms with E-state index in [1.165, 1.54) is 30.3 Å². The Hall–Kier alpha value is -2.58. The van der Waals surface area contributed by atoms with Crippen molar-refractivity contribution in [2.75, 3.05) is 22.8 Å². The highest BCUT2D eigenvalue weighted by Gasteiger charge is 2.22. The van der Waals surface area contributed by atoms with Crippen LogP contribution in [0.3, 0.4) is 0 Å². The molecule has 0 spiro atoms. The number of nitrogens with zero attached hydrogens (tertiary/aromatic N) is 1. The minimum atomic E-state index is -3.86. The van der Waals surface area contributed by atoms with Crippen molar-refractivity contribution < 1.29 is 22.7 Å². The Labute approximate surface area is 168 Å². The lowest BCUT2D eigenvalue weighted by Crippen LogP contribution is -2.23. The highest BCUT2D eigenvalue weighted by atomic mass is 35.5. The standard InChI is InChI=1S/C19H19ClN2O5S/c1-2-27-19(24)16-10-5-13(12-17(16)20)21-28(25,26)15-8-6-14(7-9-15)22-11-3-4-18(22)23/h5-10,12,21H,2-4,11H2,1H3. The van der Waals surface area contributed by atoms with Gasteiger partial charge in [0.15, 0.2) is 0 Å². The molecule has 0 radical (unpaired) electrons. The lowest BCUT2D eigenvalue weighted by atomic mass is 10.2. The van der Waals surface area contributed by atoms with Crippen LogP contribution < -0.4 is 9.62 Å². The molecular formula is C19H19ClN2O5S. The van der Waals surface area contributed by atoms with Crippen molar-refractivity contribution in [2.45, 2.75) is 24.7 Å². The molecule has 1 N–H and O–H groups in total. The lowest BCUT2D eigenvalue weighted by Gasteiger charge is -2.16. The van der Waals surface area contributed by atoms with E-state index in [1.807, 2.05) is 0 Å². The summed E-state index contributed by atoms with van der Waals surface area (Å²) in [6.45, 7) is 2.52. The van der Waals surface area contributed by atoms with Gasteiger partial charge in [0.2, 0.25) is 5.91 Å². The molecule has 1 saturated heterocycles. The van der Waals surface area contributed by atoms with E-state index >= 15 is 0 Å². The Morgan fingerprint density at radius 2 is 1.93 bits per heavy atom. The smallest absolute Gasteiger partial charge is 0.339 e. The van der Waals surface area contributed by atoms with Crippen molar-refractivity contribution in [2.24, 2.45) is 0 Å². The number of rotatable bonds is 6. The molecule has 148 valence electrons. The first kappa shape index (κ1) is 20.2. The molecule has 1 fully saturated rings. The van der Waals surface area contributed by atoms with Crippen molar-refractivity contribution in [1.29, 1.82) is 0 Å². The fraction of sp³-hybridized carbons (Fsp3) is 0.263. The molecule has 7 nitrogen and oxygen atoms in total. The second-order valence-corrected chi connectivity index (χ2v) is 8.25. The van der Waals surface area contributed by atoms with Gasteiger partial charge in [-0.25, -0.2) is 13.2 Å². The molecule has 2 aromatic carbocycles. The van der Waals surface area contributed by atoms with Crippen molar-refractivity contribution in [3.05, 3.63) is 53.1 Å². The number of hydrogen-bond donors (Lipinski definition) is 1. The summed E-state index contributed by atoms with van der Waals surface area (Å²) in [7, 11) is -3.86. The summed E-state index contributed by atoms with van der Waals surface area (Å²) in [4.78, 5) is 25.3. The normalized spacial score (nSPS) is 14.2. The van der Waals surface area contributed by atoms with Gasteiger partial charge in [0, 0.05) is 18.7 Å². The van der Waals surface area contributed by atoms with Crippen molar-refractivity contribution >= 4 is 44.9 Å². The van der Waals surface area contributed by atoms with Gasteiger partial charge in [-0.05, 0) is 55.8 Å². The summed E-state index contributed by atoms with van der Waals surface area (Å²) in [6, 6.07) is 10.3. The second-order valence-electron chi connectivity index (χ2n) is 6.16. The highest BCUT2D eigenvalue weighted by molar-refractivity contribution is 7.92. The van der Waals surface area contributed by atoms with Crippen LogP contribution in [-0.4, -0.2) is 33.4 Å². The third-order valence-corrected chi connectivity index (χ3v) is 5.96. The monoisotopic (exact) mass is 422 g/mol. The van der Waals surface area contributed by atoms with Crippen LogP contribution in [0, 0.1) is 0 Å². The number of ether oxygens (including phenoxy) is 1. The van der Waals surface area contributed by atoms with Gasteiger partial charge in [-0.2, -0.15) is 0 Å². The molecule has 2 aromatic rings. The van der Waals surface area contributed by atoms with Crippen LogP contribution in [0.1, 0.15) is 30.1 Å². The first-order chi connectivity index (χ1) is 13.3. The van der Waals surface area contributed by atoms with E-state index in [-0.39, 0.29) is 33.7 Å². The number of sulfonamides is 1. The van der Waals surface area contributed by atoms with Crippen LogP contribution in [-0.2, 0) is 19.6 Å². The average Bonchev–Trinajstić information content (AvgIpc) is 3.07. The quantitative estimate of drug-likeness (QED) is 0.720. The van der Waals surface area contributed by atoms with E-state index in [9.17, 15) is 18.0 Å². The summed E-state index contributed by atoms with van der Waals surface area (Å²) >= 11 is 6.07. The summed E-state index contributed by atoms with van der Waals surface area (Å²) < 4.78 is 32.5. The van der Waals surface area contributed by atoms with E-state index in [0.717, 1.165) is 6.42 Å². The zero-order chi connectivity index (χ0) is 20.3. The molecule has 1 amide bonds. The predicted molar refractivity (Wildman–Crippen MR) is 106 cm³/mol. The number of amides is 1. The Kier molecular flexibility index (Phi) is 5.90. The summed E-state index contributed by atoms with van der Waals surface area (Å²) in [6.07, 6.45) is 1.30. The average molecular weight is 423 g/mol. The molecular weight excluding hydrogens is 404 g/mol. The third-order valence-electron chi connectivity index (χ3n) is 4.25. The minimum absolute atomic E-state index is 0.0325. The first-order valence-corrected chi connectivity index (χ1v) is 10.6. The molecule has 1 aliphatic rings. The summed E-state index contributed by atoms with van der Waals surface area (Å²) in [5.74, 6) is -0.543. The van der Waals surface area contributed by atoms with Gasteiger partial charge in [0.05, 0.1) is 27.8 Å². The predicted octanol–water partition coefficient (Wildman–Crippen LogP) is 3.44. The molecule has 0 aliphatic carbocycles. The second kappa shape index (κ2) is 8.20. The summed E-state index contributed by atoms with van der Waals surface area (Å²) in [5.41, 5.74) is 1.05. The molecule has 28 heavy (non-hydrogen) atoms. The number of halogens is 1. The van der Waals surface area contributed by atoms with Crippen LogP contribution in [0.4, 0.5) is 11.4 Å². The van der Waals surface area contributed by atoms with Gasteiger partial charge in [-0.15, -0.1) is 0 Å². The molecule has 0 saturated carbocycles. The van der Waals surface area contributed by atoms with E-state index in [0.29, 0.717) is 18.7 Å². The van der Waals surface area contributed by atoms with E-state index in [1.54, 1.807) is 24.0 Å². The zero-order valence-corrected chi connectivity index (χ0v) is 16.7. The van der Waals surface area contributed by atoms with Gasteiger partial charge in [0.1, 0.15) is 0 Å².